The van der Waals surface area contributed by atoms with E-state index in [-0.39, 0.29) is 6.04 Å². The van der Waals surface area contributed by atoms with Gasteiger partial charge in [-0.15, -0.1) is 0 Å². The van der Waals surface area contributed by atoms with Crippen LogP contribution in [0.5, 0.6) is 0 Å². The number of hydrogen-bond acceptors (Lipinski definition) is 2. The Balaban J connectivity index is 1.50. The van der Waals surface area contributed by atoms with Crippen molar-refractivity contribution in [2.75, 3.05) is 13.1 Å². The van der Waals surface area contributed by atoms with Crippen molar-refractivity contribution in [2.24, 2.45) is 23.2 Å². The molecule has 0 spiro atoms. The fourth-order valence-corrected chi connectivity index (χ4v) is 6.28. The Hall–Kier alpha value is -0.370. The van der Waals surface area contributed by atoms with Crippen LogP contribution in [-0.4, -0.2) is 30.3 Å². The minimum absolute atomic E-state index is 0.238. The number of nitrogens with zero attached hydrogens (tertiary/aromatic N) is 1. The van der Waals surface area contributed by atoms with Gasteiger partial charge in [-0.25, -0.2) is 0 Å². The van der Waals surface area contributed by atoms with E-state index >= 15 is 0 Å². The number of carbonyl (C=O) groups excluding carboxylic acids is 1. The van der Waals surface area contributed by atoms with E-state index in [1.807, 2.05) is 0 Å². The number of rotatable bonds is 3. The van der Waals surface area contributed by atoms with Crippen molar-refractivity contribution < 1.29 is 4.79 Å². The first-order chi connectivity index (χ1) is 9.26. The Morgan fingerprint density at radius 2 is 1.63 bits per heavy atom. The molecule has 1 heterocycles. The lowest BCUT2D eigenvalue weighted by Crippen LogP contribution is -2.54. The maximum absolute atomic E-state index is 11.3. The second-order valence-corrected chi connectivity index (χ2v) is 8.09. The Morgan fingerprint density at radius 1 is 1.00 bits per heavy atom. The van der Waals surface area contributed by atoms with Gasteiger partial charge in [0.25, 0.3) is 0 Å². The topological polar surface area (TPSA) is 20.3 Å². The lowest BCUT2D eigenvalue weighted by atomic mass is 9.49. The van der Waals surface area contributed by atoms with Crippen molar-refractivity contribution in [1.29, 1.82) is 0 Å². The van der Waals surface area contributed by atoms with Gasteiger partial charge in [-0.2, -0.15) is 0 Å². The molecule has 0 aromatic rings. The Kier molecular flexibility index (Phi) is 2.98. The standard InChI is InChI=1S/C17H27NO/c19-11-16-3-1-2-4-18(16)12-17-8-13-5-14(9-17)7-15(6-13)10-17/h11,13-16H,1-10,12H2. The van der Waals surface area contributed by atoms with Gasteiger partial charge in [0.15, 0.2) is 0 Å². The monoisotopic (exact) mass is 261 g/mol. The average Bonchev–Trinajstić information content (AvgIpc) is 2.37. The van der Waals surface area contributed by atoms with Gasteiger partial charge in [0.1, 0.15) is 6.29 Å². The molecule has 1 saturated heterocycles. The highest BCUT2D eigenvalue weighted by Gasteiger charge is 2.51. The molecule has 1 unspecified atom stereocenters. The molecular weight excluding hydrogens is 234 g/mol. The van der Waals surface area contributed by atoms with Crippen LogP contribution < -0.4 is 0 Å². The van der Waals surface area contributed by atoms with Crippen LogP contribution in [0.3, 0.4) is 0 Å². The zero-order valence-corrected chi connectivity index (χ0v) is 12.0. The van der Waals surface area contributed by atoms with Crippen molar-refractivity contribution >= 4 is 6.29 Å². The summed E-state index contributed by atoms with van der Waals surface area (Å²) in [6.07, 6.45) is 13.9. The van der Waals surface area contributed by atoms with Crippen LogP contribution >= 0.6 is 0 Å². The summed E-state index contributed by atoms with van der Waals surface area (Å²) in [6, 6.07) is 0.238. The summed E-state index contributed by atoms with van der Waals surface area (Å²) in [5.74, 6) is 3.10. The summed E-state index contributed by atoms with van der Waals surface area (Å²) in [5, 5.41) is 0. The maximum Gasteiger partial charge on any atom is 0.137 e. The Labute approximate surface area is 116 Å². The van der Waals surface area contributed by atoms with Gasteiger partial charge in [0.2, 0.25) is 0 Å². The van der Waals surface area contributed by atoms with E-state index in [0.717, 1.165) is 24.2 Å². The van der Waals surface area contributed by atoms with E-state index in [1.54, 1.807) is 0 Å². The second-order valence-electron chi connectivity index (χ2n) is 8.09. The minimum Gasteiger partial charge on any atom is -0.302 e. The van der Waals surface area contributed by atoms with Crippen molar-refractivity contribution in [3.05, 3.63) is 0 Å². The zero-order valence-electron chi connectivity index (χ0n) is 12.0. The summed E-state index contributed by atoms with van der Waals surface area (Å²) in [5.41, 5.74) is 0.605. The summed E-state index contributed by atoms with van der Waals surface area (Å²) in [4.78, 5) is 13.9. The van der Waals surface area contributed by atoms with Crippen LogP contribution in [-0.2, 0) is 4.79 Å². The highest BCUT2D eigenvalue weighted by molar-refractivity contribution is 5.57. The highest BCUT2D eigenvalue weighted by Crippen LogP contribution is 2.60. The number of piperidine rings is 1. The lowest BCUT2D eigenvalue weighted by Gasteiger charge is -2.58. The van der Waals surface area contributed by atoms with Gasteiger partial charge in [0.05, 0.1) is 6.04 Å². The molecule has 5 aliphatic rings. The molecule has 4 aliphatic carbocycles. The molecule has 5 fully saturated rings. The number of hydrogen-bond donors (Lipinski definition) is 0. The third-order valence-corrected chi connectivity index (χ3v) is 6.52. The Morgan fingerprint density at radius 3 is 2.21 bits per heavy atom. The maximum atomic E-state index is 11.3. The fourth-order valence-electron chi connectivity index (χ4n) is 6.28. The molecule has 0 aromatic carbocycles. The molecule has 106 valence electrons. The van der Waals surface area contributed by atoms with E-state index in [0.29, 0.717) is 5.41 Å². The zero-order chi connectivity index (χ0) is 12.9. The van der Waals surface area contributed by atoms with Crippen LogP contribution in [0.1, 0.15) is 57.8 Å². The Bertz CT molecular complexity index is 329. The van der Waals surface area contributed by atoms with Crippen LogP contribution in [0.2, 0.25) is 0 Å². The molecule has 1 aliphatic heterocycles. The molecule has 2 heteroatoms. The van der Waals surface area contributed by atoms with Crippen molar-refractivity contribution in [3.63, 3.8) is 0 Å². The van der Waals surface area contributed by atoms with E-state index in [2.05, 4.69) is 4.90 Å². The molecule has 19 heavy (non-hydrogen) atoms. The molecule has 0 aromatic heterocycles. The van der Waals surface area contributed by atoms with E-state index < -0.39 is 0 Å². The molecule has 4 saturated carbocycles. The average molecular weight is 261 g/mol. The second kappa shape index (κ2) is 4.58. The van der Waals surface area contributed by atoms with Gasteiger partial charge in [0, 0.05) is 6.54 Å². The largest absolute Gasteiger partial charge is 0.302 e. The third-order valence-electron chi connectivity index (χ3n) is 6.52. The van der Waals surface area contributed by atoms with Gasteiger partial charge in [-0.1, -0.05) is 6.42 Å². The lowest BCUT2D eigenvalue weighted by molar-refractivity contribution is -0.117. The molecular formula is C17H27NO. The smallest absolute Gasteiger partial charge is 0.137 e. The van der Waals surface area contributed by atoms with Crippen LogP contribution in [0.15, 0.2) is 0 Å². The molecule has 4 bridgehead atoms. The molecule has 5 rings (SSSR count). The minimum atomic E-state index is 0.238. The number of carbonyl (C=O) groups is 1. The first kappa shape index (κ1) is 12.4. The molecule has 0 amide bonds. The van der Waals surface area contributed by atoms with Crippen LogP contribution in [0.25, 0.3) is 0 Å². The van der Waals surface area contributed by atoms with E-state index in [9.17, 15) is 4.79 Å². The summed E-state index contributed by atoms with van der Waals surface area (Å²) < 4.78 is 0. The predicted molar refractivity (Wildman–Crippen MR) is 75.9 cm³/mol. The first-order valence-electron chi connectivity index (χ1n) is 8.46. The summed E-state index contributed by atoms with van der Waals surface area (Å²) >= 11 is 0. The summed E-state index contributed by atoms with van der Waals surface area (Å²) in [7, 11) is 0. The van der Waals surface area contributed by atoms with Gasteiger partial charge in [-0.3, -0.25) is 4.90 Å². The first-order valence-corrected chi connectivity index (χ1v) is 8.46. The van der Waals surface area contributed by atoms with Gasteiger partial charge < -0.3 is 4.79 Å². The molecule has 0 N–H and O–H groups in total. The molecule has 2 nitrogen and oxygen atoms in total. The number of aldehydes is 1. The highest BCUT2D eigenvalue weighted by atomic mass is 16.1. The van der Waals surface area contributed by atoms with E-state index in [1.165, 1.54) is 70.7 Å². The molecule has 0 radical (unpaired) electrons. The predicted octanol–water partition coefficient (Wildman–Crippen LogP) is 3.26. The van der Waals surface area contributed by atoms with Gasteiger partial charge >= 0.3 is 0 Å². The normalized spacial score (nSPS) is 49.5. The van der Waals surface area contributed by atoms with Crippen molar-refractivity contribution in [3.8, 4) is 0 Å². The third kappa shape index (κ3) is 2.16. The van der Waals surface area contributed by atoms with Crippen molar-refractivity contribution in [2.45, 2.75) is 63.8 Å². The van der Waals surface area contributed by atoms with Crippen LogP contribution in [0.4, 0.5) is 0 Å². The quantitative estimate of drug-likeness (QED) is 0.727. The summed E-state index contributed by atoms with van der Waals surface area (Å²) in [6.45, 7) is 2.41. The van der Waals surface area contributed by atoms with E-state index in [4.69, 9.17) is 0 Å². The number of likely N-dealkylation sites (tertiary alicyclic amines) is 1. The fraction of sp³-hybridized carbons (Fsp3) is 0.941. The SMILES string of the molecule is O=CC1CCCCN1CC12CC3CC(CC(C3)C1)C2. The van der Waals surface area contributed by atoms with Crippen LogP contribution in [0, 0.1) is 23.2 Å². The van der Waals surface area contributed by atoms with Gasteiger partial charge in [-0.05, 0) is 81.1 Å². The molecule has 1 atom stereocenters. The van der Waals surface area contributed by atoms with Crippen molar-refractivity contribution in [1.82, 2.24) is 4.90 Å².